The van der Waals surface area contributed by atoms with Crippen LogP contribution in [0.1, 0.15) is 16.8 Å². The molecule has 2 heterocycles. The molecular formula is C25H19ClN2O4. The molecule has 0 atom stereocenters. The summed E-state index contributed by atoms with van der Waals surface area (Å²) in [4.78, 5) is 28.5. The Morgan fingerprint density at radius 2 is 1.78 bits per heavy atom. The first-order chi connectivity index (χ1) is 15.6. The first-order valence-corrected chi connectivity index (χ1v) is 10.2. The number of aromatic nitrogens is 2. The average molecular weight is 447 g/mol. The summed E-state index contributed by atoms with van der Waals surface area (Å²) in [6.07, 6.45) is 4.46. The van der Waals surface area contributed by atoms with Crippen molar-refractivity contribution in [2.45, 2.75) is 13.2 Å². The van der Waals surface area contributed by atoms with Crippen LogP contribution in [0.4, 0.5) is 0 Å². The number of nitrogens with zero attached hydrogens (tertiary/aromatic N) is 2. The van der Waals surface area contributed by atoms with Gasteiger partial charge in [0.2, 0.25) is 0 Å². The number of rotatable bonds is 7. The first-order valence-electron chi connectivity index (χ1n) is 9.86. The predicted molar refractivity (Wildman–Crippen MR) is 123 cm³/mol. The lowest BCUT2D eigenvalue weighted by Gasteiger charge is -2.06. The van der Waals surface area contributed by atoms with Gasteiger partial charge in [-0.05, 0) is 41.5 Å². The number of benzene rings is 2. The average Bonchev–Trinajstić information content (AvgIpc) is 2.82. The van der Waals surface area contributed by atoms with E-state index in [9.17, 15) is 9.59 Å². The smallest absolute Gasteiger partial charge is 0.331 e. The van der Waals surface area contributed by atoms with Gasteiger partial charge in [0.15, 0.2) is 0 Å². The Kier molecular flexibility index (Phi) is 6.63. The molecule has 0 fully saturated rings. The molecule has 32 heavy (non-hydrogen) atoms. The van der Waals surface area contributed by atoms with Crippen molar-refractivity contribution in [3.05, 3.63) is 117 Å². The maximum absolute atomic E-state index is 12.2. The zero-order valence-corrected chi connectivity index (χ0v) is 17.7. The number of carbonyl (C=O) groups excluding carboxylic acids is 1. The Hall–Kier alpha value is -3.90. The van der Waals surface area contributed by atoms with E-state index in [-0.39, 0.29) is 12.2 Å². The van der Waals surface area contributed by atoms with Gasteiger partial charge in [-0.2, -0.15) is 0 Å². The molecule has 0 saturated carbocycles. The summed E-state index contributed by atoms with van der Waals surface area (Å²) in [5, 5.41) is 0.432. The van der Waals surface area contributed by atoms with Gasteiger partial charge >= 0.3 is 5.97 Å². The van der Waals surface area contributed by atoms with Crippen molar-refractivity contribution in [2.24, 2.45) is 0 Å². The highest BCUT2D eigenvalue weighted by atomic mass is 35.5. The van der Waals surface area contributed by atoms with Gasteiger partial charge in [-0.25, -0.2) is 9.78 Å². The van der Waals surface area contributed by atoms with Gasteiger partial charge in [0.05, 0.1) is 10.7 Å². The summed E-state index contributed by atoms with van der Waals surface area (Å²) in [5.74, 6) is 0.205. The molecule has 0 unspecified atom stereocenters. The lowest BCUT2D eigenvalue weighted by atomic mass is 10.2. The summed E-state index contributed by atoms with van der Waals surface area (Å²) in [7, 11) is 0. The fourth-order valence-electron chi connectivity index (χ4n) is 2.97. The van der Waals surface area contributed by atoms with Crippen molar-refractivity contribution in [1.29, 1.82) is 0 Å². The van der Waals surface area contributed by atoms with Gasteiger partial charge < -0.3 is 9.47 Å². The number of esters is 1. The maximum Gasteiger partial charge on any atom is 0.331 e. The van der Waals surface area contributed by atoms with Gasteiger partial charge in [0, 0.05) is 18.3 Å². The van der Waals surface area contributed by atoms with Gasteiger partial charge in [0.1, 0.15) is 24.6 Å². The molecule has 0 radical (unpaired) electrons. The molecule has 4 rings (SSSR count). The molecule has 0 bridgehead atoms. The van der Waals surface area contributed by atoms with Crippen molar-refractivity contribution in [3.8, 4) is 5.75 Å². The second kappa shape index (κ2) is 9.94. The fraction of sp³-hybridized carbons (Fsp3) is 0.0800. The van der Waals surface area contributed by atoms with E-state index in [0.717, 1.165) is 16.9 Å². The standard InChI is InChI=1S/C25H19ClN2O4/c26-20-9-12-23-27-21(14-24(29)28(23)15-20)17-32-25(30)13-8-18-6-10-22(11-7-18)31-16-19-4-2-1-3-5-19/h1-15H,16-17H2/b13-8+. The van der Waals surface area contributed by atoms with E-state index in [1.54, 1.807) is 18.2 Å². The topological polar surface area (TPSA) is 69.9 Å². The van der Waals surface area contributed by atoms with Crippen LogP contribution in [0.2, 0.25) is 5.02 Å². The van der Waals surface area contributed by atoms with E-state index < -0.39 is 5.97 Å². The van der Waals surface area contributed by atoms with Crippen LogP contribution in [-0.2, 0) is 22.7 Å². The quantitative estimate of drug-likeness (QED) is 0.304. The molecule has 0 aliphatic rings. The van der Waals surface area contributed by atoms with Crippen LogP contribution in [0.5, 0.6) is 5.75 Å². The van der Waals surface area contributed by atoms with Crippen molar-refractivity contribution in [2.75, 3.05) is 0 Å². The maximum atomic E-state index is 12.2. The number of fused-ring (bicyclic) bond motifs is 1. The molecule has 2 aromatic heterocycles. The van der Waals surface area contributed by atoms with Gasteiger partial charge in [-0.3, -0.25) is 9.20 Å². The third kappa shape index (κ3) is 5.62. The summed E-state index contributed by atoms with van der Waals surface area (Å²) in [6.45, 7) is 0.381. The minimum Gasteiger partial charge on any atom is -0.489 e. The van der Waals surface area contributed by atoms with E-state index in [1.165, 1.54) is 22.7 Å². The predicted octanol–water partition coefficient (Wildman–Crippen LogP) is 4.68. The molecule has 0 saturated heterocycles. The van der Waals surface area contributed by atoms with Crippen molar-refractivity contribution in [3.63, 3.8) is 0 Å². The number of halogens is 1. The molecule has 4 aromatic rings. The van der Waals surface area contributed by atoms with Gasteiger partial charge in [-0.1, -0.05) is 54.1 Å². The highest BCUT2D eigenvalue weighted by Crippen LogP contribution is 2.15. The molecule has 160 valence electrons. The van der Waals surface area contributed by atoms with E-state index >= 15 is 0 Å². The second-order valence-corrected chi connectivity index (χ2v) is 7.38. The monoisotopic (exact) mass is 446 g/mol. The molecule has 0 N–H and O–H groups in total. The lowest BCUT2D eigenvalue weighted by Crippen LogP contribution is -2.16. The highest BCUT2D eigenvalue weighted by molar-refractivity contribution is 6.30. The molecule has 0 amide bonds. The van der Waals surface area contributed by atoms with Crippen molar-refractivity contribution in [1.82, 2.24) is 9.38 Å². The molecule has 0 aliphatic carbocycles. The Morgan fingerprint density at radius 1 is 1.00 bits per heavy atom. The van der Waals surface area contributed by atoms with E-state index in [1.807, 2.05) is 54.6 Å². The number of hydrogen-bond donors (Lipinski definition) is 0. The summed E-state index contributed by atoms with van der Waals surface area (Å²) in [5.41, 5.74) is 2.41. The molecule has 6 nitrogen and oxygen atoms in total. The van der Waals surface area contributed by atoms with Crippen LogP contribution in [-0.4, -0.2) is 15.4 Å². The Morgan fingerprint density at radius 3 is 2.56 bits per heavy atom. The van der Waals surface area contributed by atoms with Crippen LogP contribution < -0.4 is 10.3 Å². The third-order valence-corrected chi connectivity index (χ3v) is 4.80. The first kappa shape index (κ1) is 21.3. The Bertz CT molecular complexity index is 1320. The summed E-state index contributed by atoms with van der Waals surface area (Å²) in [6, 6.07) is 21.9. The normalized spacial score (nSPS) is 11.0. The number of hydrogen-bond acceptors (Lipinski definition) is 5. The van der Waals surface area contributed by atoms with E-state index in [4.69, 9.17) is 21.1 Å². The van der Waals surface area contributed by atoms with Crippen LogP contribution >= 0.6 is 11.6 Å². The fourth-order valence-corrected chi connectivity index (χ4v) is 3.13. The number of carbonyl (C=O) groups is 1. The zero-order valence-electron chi connectivity index (χ0n) is 17.0. The van der Waals surface area contributed by atoms with Crippen molar-refractivity contribution >= 4 is 29.3 Å². The molecular weight excluding hydrogens is 428 g/mol. The minimum absolute atomic E-state index is 0.107. The summed E-state index contributed by atoms with van der Waals surface area (Å²) < 4.78 is 12.3. The van der Waals surface area contributed by atoms with E-state index in [2.05, 4.69) is 4.98 Å². The highest BCUT2D eigenvalue weighted by Gasteiger charge is 2.05. The van der Waals surface area contributed by atoms with Crippen LogP contribution in [0.3, 0.4) is 0 Å². The molecule has 7 heteroatoms. The second-order valence-electron chi connectivity index (χ2n) is 6.95. The zero-order chi connectivity index (χ0) is 22.3. The third-order valence-electron chi connectivity index (χ3n) is 4.58. The SMILES string of the molecule is O=C(/C=C/c1ccc(OCc2ccccc2)cc1)OCc1cc(=O)n2cc(Cl)ccc2n1. The molecule has 0 spiro atoms. The number of pyridine rings is 1. The van der Waals surface area contributed by atoms with Crippen LogP contribution in [0, 0.1) is 0 Å². The van der Waals surface area contributed by atoms with Crippen molar-refractivity contribution < 1.29 is 14.3 Å². The lowest BCUT2D eigenvalue weighted by molar-refractivity contribution is -0.139. The summed E-state index contributed by atoms with van der Waals surface area (Å²) >= 11 is 5.90. The van der Waals surface area contributed by atoms with Crippen LogP contribution in [0.15, 0.2) is 89.9 Å². The molecule has 0 aliphatic heterocycles. The van der Waals surface area contributed by atoms with E-state index in [0.29, 0.717) is 23.0 Å². The van der Waals surface area contributed by atoms with Gasteiger partial charge in [0.25, 0.3) is 5.56 Å². The van der Waals surface area contributed by atoms with Crippen LogP contribution in [0.25, 0.3) is 11.7 Å². The Labute approximate surface area is 189 Å². The molecule has 2 aromatic carbocycles. The largest absolute Gasteiger partial charge is 0.489 e. The Balaban J connectivity index is 1.31. The van der Waals surface area contributed by atoms with Gasteiger partial charge in [-0.15, -0.1) is 0 Å². The minimum atomic E-state index is -0.535. The number of ether oxygens (including phenoxy) is 2.